The number of ether oxygens (including phenoxy) is 1. The topological polar surface area (TPSA) is 94.8 Å². The standard InChI is InChI=1S/C20H16F3N5O3/c1-27-17-16(18(29)28(19(27)30)11-13-6-2-3-8-24-13)25-15(26-17)10-12-5-4-7-14(9-12)31-20(21,22)23/h2-9H,10-11H2,1H3,(H,25,26). The molecule has 0 saturated carbocycles. The molecular weight excluding hydrogens is 415 g/mol. The van der Waals surface area contributed by atoms with Crippen molar-refractivity contribution >= 4 is 11.2 Å². The lowest BCUT2D eigenvalue weighted by atomic mass is 10.1. The van der Waals surface area contributed by atoms with Gasteiger partial charge in [-0.3, -0.25) is 18.9 Å². The Morgan fingerprint density at radius 3 is 2.65 bits per heavy atom. The molecule has 31 heavy (non-hydrogen) atoms. The number of H-pyrrole nitrogens is 1. The zero-order chi connectivity index (χ0) is 22.2. The summed E-state index contributed by atoms with van der Waals surface area (Å²) in [6, 6.07) is 10.6. The molecule has 0 amide bonds. The monoisotopic (exact) mass is 431 g/mol. The number of aromatic nitrogens is 5. The Balaban J connectivity index is 1.70. The third kappa shape index (κ3) is 4.34. The second-order valence-corrected chi connectivity index (χ2v) is 6.81. The number of nitrogens with one attached hydrogen (secondary N) is 1. The van der Waals surface area contributed by atoms with Crippen molar-refractivity contribution in [3.05, 3.63) is 86.6 Å². The van der Waals surface area contributed by atoms with Gasteiger partial charge in [-0.1, -0.05) is 18.2 Å². The van der Waals surface area contributed by atoms with Crippen LogP contribution in [0.5, 0.6) is 5.75 Å². The lowest BCUT2D eigenvalue weighted by molar-refractivity contribution is -0.274. The molecule has 0 radical (unpaired) electrons. The smallest absolute Gasteiger partial charge is 0.406 e. The van der Waals surface area contributed by atoms with Gasteiger partial charge in [-0.05, 0) is 29.8 Å². The van der Waals surface area contributed by atoms with Crippen LogP contribution >= 0.6 is 0 Å². The summed E-state index contributed by atoms with van der Waals surface area (Å²) >= 11 is 0. The SMILES string of the molecule is Cn1c(=O)n(Cc2ccccn2)c(=O)c2[nH]c(Cc3cccc(OC(F)(F)F)c3)nc21. The van der Waals surface area contributed by atoms with E-state index in [0.717, 1.165) is 4.57 Å². The molecule has 0 fully saturated rings. The average molecular weight is 431 g/mol. The second-order valence-electron chi connectivity index (χ2n) is 6.81. The Morgan fingerprint density at radius 2 is 1.94 bits per heavy atom. The number of aryl methyl sites for hydroxylation is 1. The minimum Gasteiger partial charge on any atom is -0.406 e. The van der Waals surface area contributed by atoms with Gasteiger partial charge >= 0.3 is 12.1 Å². The van der Waals surface area contributed by atoms with E-state index in [9.17, 15) is 22.8 Å². The van der Waals surface area contributed by atoms with E-state index < -0.39 is 17.6 Å². The largest absolute Gasteiger partial charge is 0.573 e. The fourth-order valence-corrected chi connectivity index (χ4v) is 3.22. The number of hydrogen-bond donors (Lipinski definition) is 1. The molecule has 4 rings (SSSR count). The van der Waals surface area contributed by atoms with Gasteiger partial charge < -0.3 is 9.72 Å². The van der Waals surface area contributed by atoms with Crippen molar-refractivity contribution < 1.29 is 17.9 Å². The number of hydrogen-bond acceptors (Lipinski definition) is 5. The summed E-state index contributed by atoms with van der Waals surface area (Å²) in [7, 11) is 1.49. The fraction of sp³-hybridized carbons (Fsp3) is 0.200. The van der Waals surface area contributed by atoms with Crippen LogP contribution in [0.15, 0.2) is 58.3 Å². The molecule has 1 N–H and O–H groups in total. The van der Waals surface area contributed by atoms with Gasteiger partial charge in [-0.15, -0.1) is 13.2 Å². The highest BCUT2D eigenvalue weighted by molar-refractivity contribution is 5.69. The summed E-state index contributed by atoms with van der Waals surface area (Å²) in [5.74, 6) is -0.0342. The van der Waals surface area contributed by atoms with Crippen LogP contribution in [0.1, 0.15) is 17.1 Å². The Bertz CT molecular complexity index is 1360. The molecule has 160 valence electrons. The second kappa shape index (κ2) is 7.74. The number of nitrogens with zero attached hydrogens (tertiary/aromatic N) is 4. The molecule has 0 unspecified atom stereocenters. The number of aromatic amines is 1. The van der Waals surface area contributed by atoms with Crippen molar-refractivity contribution in [3.8, 4) is 5.75 Å². The molecule has 0 aliphatic carbocycles. The molecule has 3 aromatic heterocycles. The van der Waals surface area contributed by atoms with Crippen molar-refractivity contribution in [1.82, 2.24) is 24.1 Å². The average Bonchev–Trinajstić information content (AvgIpc) is 3.13. The van der Waals surface area contributed by atoms with E-state index in [0.29, 0.717) is 17.1 Å². The van der Waals surface area contributed by atoms with E-state index in [-0.39, 0.29) is 29.9 Å². The lowest BCUT2D eigenvalue weighted by Gasteiger charge is -2.09. The Labute approximate surface area is 172 Å². The molecule has 0 atom stereocenters. The van der Waals surface area contributed by atoms with Crippen LogP contribution in [0.25, 0.3) is 11.2 Å². The maximum absolute atomic E-state index is 12.9. The zero-order valence-corrected chi connectivity index (χ0v) is 16.2. The molecular formula is C20H16F3N5O3. The Hall–Kier alpha value is -3.89. The number of halogens is 3. The summed E-state index contributed by atoms with van der Waals surface area (Å²) in [6.45, 7) is -0.00648. The third-order valence-corrected chi connectivity index (χ3v) is 4.58. The van der Waals surface area contributed by atoms with E-state index in [1.165, 1.54) is 29.8 Å². The fourth-order valence-electron chi connectivity index (χ4n) is 3.22. The van der Waals surface area contributed by atoms with E-state index >= 15 is 0 Å². The van der Waals surface area contributed by atoms with Gasteiger partial charge in [0.25, 0.3) is 5.56 Å². The summed E-state index contributed by atoms with van der Waals surface area (Å²) in [5, 5.41) is 0. The number of benzene rings is 1. The van der Waals surface area contributed by atoms with E-state index in [1.54, 1.807) is 30.5 Å². The molecule has 0 saturated heterocycles. The molecule has 3 heterocycles. The highest BCUT2D eigenvalue weighted by atomic mass is 19.4. The van der Waals surface area contributed by atoms with Gasteiger partial charge in [0.2, 0.25) is 0 Å². The third-order valence-electron chi connectivity index (χ3n) is 4.58. The summed E-state index contributed by atoms with van der Waals surface area (Å²) in [5.41, 5.74) is 0.195. The van der Waals surface area contributed by atoms with Crippen LogP contribution in [0.2, 0.25) is 0 Å². The molecule has 0 spiro atoms. The van der Waals surface area contributed by atoms with Gasteiger partial charge in [-0.25, -0.2) is 9.78 Å². The first-order valence-corrected chi connectivity index (χ1v) is 9.14. The molecule has 4 aromatic rings. The van der Waals surface area contributed by atoms with Crippen LogP contribution in [0, 0.1) is 0 Å². The van der Waals surface area contributed by atoms with E-state index in [4.69, 9.17) is 0 Å². The van der Waals surface area contributed by atoms with Crippen molar-refractivity contribution in [1.29, 1.82) is 0 Å². The first-order chi connectivity index (χ1) is 14.7. The van der Waals surface area contributed by atoms with Crippen molar-refractivity contribution in [2.24, 2.45) is 7.05 Å². The predicted molar refractivity (Wildman–Crippen MR) is 105 cm³/mol. The summed E-state index contributed by atoms with van der Waals surface area (Å²) in [6.07, 6.45) is -3.12. The number of fused-ring (bicyclic) bond motifs is 1. The summed E-state index contributed by atoms with van der Waals surface area (Å²) < 4.78 is 43.6. The van der Waals surface area contributed by atoms with Crippen molar-refractivity contribution in [2.45, 2.75) is 19.3 Å². The van der Waals surface area contributed by atoms with E-state index in [1.807, 2.05) is 0 Å². The molecule has 0 bridgehead atoms. The molecule has 8 nitrogen and oxygen atoms in total. The minimum absolute atomic E-state index is 0.00648. The maximum atomic E-state index is 12.9. The van der Waals surface area contributed by atoms with Gasteiger partial charge in [0.15, 0.2) is 5.65 Å². The first kappa shape index (κ1) is 20.4. The number of rotatable bonds is 5. The molecule has 1 aromatic carbocycles. The molecule has 11 heteroatoms. The van der Waals surface area contributed by atoms with Gasteiger partial charge in [0, 0.05) is 19.7 Å². The van der Waals surface area contributed by atoms with Gasteiger partial charge in [0.05, 0.1) is 12.2 Å². The number of alkyl halides is 3. The van der Waals surface area contributed by atoms with Gasteiger partial charge in [0.1, 0.15) is 17.1 Å². The zero-order valence-electron chi connectivity index (χ0n) is 16.2. The lowest BCUT2D eigenvalue weighted by Crippen LogP contribution is -2.39. The quantitative estimate of drug-likeness (QED) is 0.524. The maximum Gasteiger partial charge on any atom is 0.573 e. The van der Waals surface area contributed by atoms with Crippen LogP contribution in [0.3, 0.4) is 0 Å². The van der Waals surface area contributed by atoms with Crippen LogP contribution in [-0.2, 0) is 20.0 Å². The van der Waals surface area contributed by atoms with Crippen LogP contribution in [0.4, 0.5) is 13.2 Å². The van der Waals surface area contributed by atoms with E-state index in [2.05, 4.69) is 19.7 Å². The Morgan fingerprint density at radius 1 is 1.13 bits per heavy atom. The number of imidazole rings is 1. The highest BCUT2D eigenvalue weighted by Gasteiger charge is 2.31. The van der Waals surface area contributed by atoms with Crippen LogP contribution < -0.4 is 16.0 Å². The predicted octanol–water partition coefficient (Wildman–Crippen LogP) is 2.36. The van der Waals surface area contributed by atoms with Crippen LogP contribution in [-0.4, -0.2) is 30.4 Å². The minimum atomic E-state index is -4.80. The molecule has 0 aliphatic rings. The van der Waals surface area contributed by atoms with Crippen molar-refractivity contribution in [2.75, 3.05) is 0 Å². The normalized spacial score (nSPS) is 11.7. The first-order valence-electron chi connectivity index (χ1n) is 9.14. The summed E-state index contributed by atoms with van der Waals surface area (Å²) in [4.78, 5) is 36.9. The Kier molecular flexibility index (Phi) is 5.09. The molecule has 0 aliphatic heterocycles. The van der Waals surface area contributed by atoms with Crippen molar-refractivity contribution in [3.63, 3.8) is 0 Å². The number of pyridine rings is 1. The van der Waals surface area contributed by atoms with Gasteiger partial charge in [-0.2, -0.15) is 0 Å². The highest BCUT2D eigenvalue weighted by Crippen LogP contribution is 2.24.